The third-order valence-corrected chi connectivity index (χ3v) is 8.67. The highest BCUT2D eigenvalue weighted by Crippen LogP contribution is 2.37. The van der Waals surface area contributed by atoms with Crippen LogP contribution in [0.25, 0.3) is 0 Å². The van der Waals surface area contributed by atoms with Crippen molar-refractivity contribution in [1.29, 1.82) is 0 Å². The van der Waals surface area contributed by atoms with E-state index >= 15 is 0 Å². The first-order valence-electron chi connectivity index (χ1n) is 14.2. The van der Waals surface area contributed by atoms with Crippen LogP contribution < -0.4 is 5.32 Å². The number of nitrogens with one attached hydrogen (secondary N) is 1. The smallest absolute Gasteiger partial charge is 0.338 e. The summed E-state index contributed by atoms with van der Waals surface area (Å²) < 4.78 is 11.1. The molecule has 0 unspecified atom stereocenters. The van der Waals surface area contributed by atoms with E-state index in [1.54, 1.807) is 0 Å². The van der Waals surface area contributed by atoms with Crippen molar-refractivity contribution in [3.63, 3.8) is 0 Å². The Balaban J connectivity index is 1.29. The second-order valence-corrected chi connectivity index (χ2v) is 11.6. The fourth-order valence-corrected chi connectivity index (χ4v) is 6.50. The number of hydrogen-bond donors (Lipinski definition) is 1. The molecule has 42 heavy (non-hydrogen) atoms. The van der Waals surface area contributed by atoms with Crippen molar-refractivity contribution in [2.24, 2.45) is 0 Å². The zero-order valence-corrected chi connectivity index (χ0v) is 24.0. The first kappa shape index (κ1) is 29.5. The van der Waals surface area contributed by atoms with Crippen LogP contribution in [-0.4, -0.2) is 51.4 Å². The molecule has 4 atom stereocenters. The molecule has 0 aliphatic carbocycles. The van der Waals surface area contributed by atoms with Gasteiger partial charge in [-0.2, -0.15) is 0 Å². The molecule has 0 radical (unpaired) electrons. The molecule has 5 rings (SSSR count). The molecular formula is C33H34N2O6S. The van der Waals surface area contributed by atoms with E-state index in [0.29, 0.717) is 32.1 Å². The maximum atomic E-state index is 13.9. The molecule has 3 aromatic rings. The van der Waals surface area contributed by atoms with Gasteiger partial charge >= 0.3 is 11.9 Å². The summed E-state index contributed by atoms with van der Waals surface area (Å²) in [5, 5.41) is 2.42. The topological polar surface area (TPSA) is 102 Å². The number of carbonyl (C=O) groups excluding carboxylic acids is 4. The fourth-order valence-electron chi connectivity index (χ4n) is 5.27. The average molecular weight is 587 g/mol. The second-order valence-electron chi connectivity index (χ2n) is 10.5. The molecule has 2 aliphatic rings. The Labute approximate surface area is 249 Å². The second kappa shape index (κ2) is 14.3. The van der Waals surface area contributed by atoms with E-state index in [4.69, 9.17) is 9.47 Å². The largest absolute Gasteiger partial charge is 0.460 e. The van der Waals surface area contributed by atoms with Crippen molar-refractivity contribution < 1.29 is 28.7 Å². The van der Waals surface area contributed by atoms with Crippen LogP contribution in [0.1, 0.15) is 42.4 Å². The number of hydrogen-bond acceptors (Lipinski definition) is 8. The predicted molar refractivity (Wildman–Crippen MR) is 159 cm³/mol. The fraction of sp³-hybridized carbons (Fsp3) is 0.333. The molecule has 2 aliphatic heterocycles. The van der Waals surface area contributed by atoms with Gasteiger partial charge in [0.25, 0.3) is 0 Å². The molecule has 2 heterocycles. The van der Waals surface area contributed by atoms with E-state index in [2.05, 4.69) is 5.32 Å². The quantitative estimate of drug-likeness (QED) is 0.260. The maximum Gasteiger partial charge on any atom is 0.338 e. The van der Waals surface area contributed by atoms with Gasteiger partial charge in [0.1, 0.15) is 19.3 Å². The molecule has 1 amide bonds. The highest BCUT2D eigenvalue weighted by atomic mass is 32.2. The molecular weight excluding hydrogens is 552 g/mol. The van der Waals surface area contributed by atoms with Crippen LogP contribution in [0, 0.1) is 0 Å². The normalized spacial score (nSPS) is 20.9. The SMILES string of the molecule is O=C(OCc1ccccc1)[C@H]1C(=O)S[C@H]2CCC[C@@H](N[C@H](CCc3ccccc3)C(=O)OCc3ccccc3)C(=O)N12. The number of fused-ring (bicyclic) bond motifs is 1. The van der Waals surface area contributed by atoms with E-state index < -0.39 is 40.6 Å². The summed E-state index contributed by atoms with van der Waals surface area (Å²) in [5.41, 5.74) is 2.72. The molecule has 218 valence electrons. The van der Waals surface area contributed by atoms with E-state index in [0.717, 1.165) is 28.5 Å². The van der Waals surface area contributed by atoms with Gasteiger partial charge in [-0.15, -0.1) is 0 Å². The molecule has 9 heteroatoms. The molecule has 0 aromatic heterocycles. The lowest BCUT2D eigenvalue weighted by Crippen LogP contribution is -2.56. The van der Waals surface area contributed by atoms with Gasteiger partial charge in [-0.25, -0.2) is 4.79 Å². The average Bonchev–Trinajstić information content (AvgIpc) is 3.28. The van der Waals surface area contributed by atoms with Gasteiger partial charge in [-0.3, -0.25) is 19.7 Å². The van der Waals surface area contributed by atoms with Crippen molar-refractivity contribution in [3.05, 3.63) is 108 Å². The van der Waals surface area contributed by atoms with Crippen LogP contribution in [0.4, 0.5) is 0 Å². The number of ether oxygens (including phenoxy) is 2. The van der Waals surface area contributed by atoms with Gasteiger partial charge in [-0.1, -0.05) is 103 Å². The van der Waals surface area contributed by atoms with Crippen molar-refractivity contribution >= 4 is 34.7 Å². The number of nitrogens with zero attached hydrogens (tertiary/aromatic N) is 1. The van der Waals surface area contributed by atoms with E-state index in [9.17, 15) is 19.2 Å². The zero-order chi connectivity index (χ0) is 29.3. The standard InChI is InChI=1S/C33H34N2O6S/c36-30-26(17-10-18-28-35(30)29(33(39)42-28)32(38)41-22-25-15-8-3-9-16-25)34-27(20-19-23-11-4-1-5-12-23)31(37)40-21-24-13-6-2-7-14-24/h1-9,11-16,26-29,34H,10,17-22H2/t26-,27-,28+,29+/m1/s1. The van der Waals surface area contributed by atoms with Gasteiger partial charge in [0.15, 0.2) is 6.04 Å². The highest BCUT2D eigenvalue weighted by molar-refractivity contribution is 8.14. The van der Waals surface area contributed by atoms with Crippen molar-refractivity contribution in [1.82, 2.24) is 10.2 Å². The lowest BCUT2D eigenvalue weighted by Gasteiger charge is -2.29. The molecule has 2 fully saturated rings. The van der Waals surface area contributed by atoms with Crippen LogP contribution in [0.3, 0.4) is 0 Å². The van der Waals surface area contributed by atoms with Crippen LogP contribution in [0.2, 0.25) is 0 Å². The Bertz CT molecular complexity index is 1370. The van der Waals surface area contributed by atoms with Gasteiger partial charge in [0, 0.05) is 0 Å². The Morgan fingerprint density at radius 2 is 1.38 bits per heavy atom. The Hall–Kier alpha value is -3.95. The Kier molecular flexibility index (Phi) is 10.0. The van der Waals surface area contributed by atoms with Crippen molar-refractivity contribution in [3.8, 4) is 0 Å². The first-order valence-corrected chi connectivity index (χ1v) is 15.1. The van der Waals surface area contributed by atoms with Crippen molar-refractivity contribution in [2.45, 2.75) is 68.8 Å². The summed E-state index contributed by atoms with van der Waals surface area (Å²) in [7, 11) is 0. The summed E-state index contributed by atoms with van der Waals surface area (Å²) in [4.78, 5) is 54.7. The van der Waals surface area contributed by atoms with Crippen LogP contribution in [0.5, 0.6) is 0 Å². The minimum absolute atomic E-state index is 0.0112. The predicted octanol–water partition coefficient (Wildman–Crippen LogP) is 4.41. The molecule has 0 saturated carbocycles. The lowest BCUT2D eigenvalue weighted by atomic mass is 10.0. The zero-order valence-electron chi connectivity index (χ0n) is 23.2. The highest BCUT2D eigenvalue weighted by Gasteiger charge is 2.51. The van der Waals surface area contributed by atoms with Gasteiger partial charge in [-0.05, 0) is 48.8 Å². The number of aryl methyl sites for hydroxylation is 1. The molecule has 2 saturated heterocycles. The monoisotopic (exact) mass is 586 g/mol. The minimum Gasteiger partial charge on any atom is -0.460 e. The van der Waals surface area contributed by atoms with Gasteiger partial charge in [0.2, 0.25) is 11.0 Å². The van der Waals surface area contributed by atoms with Crippen molar-refractivity contribution in [2.75, 3.05) is 0 Å². The third-order valence-electron chi connectivity index (χ3n) is 7.48. The van der Waals surface area contributed by atoms with E-state index in [1.807, 2.05) is 91.0 Å². The number of benzene rings is 3. The number of esters is 2. The van der Waals surface area contributed by atoms with Crippen LogP contribution in [-0.2, 0) is 48.3 Å². The van der Waals surface area contributed by atoms with E-state index in [-0.39, 0.29) is 19.1 Å². The van der Waals surface area contributed by atoms with Crippen LogP contribution in [0.15, 0.2) is 91.0 Å². The number of thioether (sulfide) groups is 1. The maximum absolute atomic E-state index is 13.9. The van der Waals surface area contributed by atoms with Gasteiger partial charge < -0.3 is 14.4 Å². The van der Waals surface area contributed by atoms with Gasteiger partial charge in [0.05, 0.1) is 11.4 Å². The number of amides is 1. The summed E-state index contributed by atoms with van der Waals surface area (Å²) >= 11 is 1.01. The number of carbonyl (C=O) groups is 4. The molecule has 8 nitrogen and oxygen atoms in total. The Morgan fingerprint density at radius 3 is 2.00 bits per heavy atom. The number of rotatable bonds is 11. The van der Waals surface area contributed by atoms with E-state index in [1.165, 1.54) is 4.90 Å². The summed E-state index contributed by atoms with van der Waals surface area (Å²) in [6, 6.07) is 25.6. The molecule has 0 bridgehead atoms. The molecule has 0 spiro atoms. The third kappa shape index (κ3) is 7.46. The summed E-state index contributed by atoms with van der Waals surface area (Å²) in [6.45, 7) is 0.133. The minimum atomic E-state index is -1.31. The van der Waals surface area contributed by atoms with Crippen LogP contribution >= 0.6 is 11.8 Å². The first-order chi connectivity index (χ1) is 20.5. The molecule has 3 aromatic carbocycles. The Morgan fingerprint density at radius 1 is 0.810 bits per heavy atom. The lowest BCUT2D eigenvalue weighted by molar-refractivity contribution is -0.158. The molecule has 1 N–H and O–H groups in total. The summed E-state index contributed by atoms with van der Waals surface area (Å²) in [6.07, 6.45) is 2.72. The summed E-state index contributed by atoms with van der Waals surface area (Å²) in [5.74, 6) is -1.57.